The number of rotatable bonds is 2. The molecule has 0 unspecified atom stereocenters. The minimum absolute atomic E-state index is 0.123. The van der Waals surface area contributed by atoms with Gasteiger partial charge in [-0.3, -0.25) is 4.79 Å². The van der Waals surface area contributed by atoms with Gasteiger partial charge < -0.3 is 14.6 Å². The Balaban J connectivity index is 1.89. The molecule has 0 saturated carbocycles. The lowest BCUT2D eigenvalue weighted by atomic mass is 9.73. The highest BCUT2D eigenvalue weighted by molar-refractivity contribution is 5.74. The molecule has 106 valence electrons. The lowest BCUT2D eigenvalue weighted by Crippen LogP contribution is -2.48. The van der Waals surface area contributed by atoms with E-state index >= 15 is 0 Å². The first kappa shape index (κ1) is 12.6. The van der Waals surface area contributed by atoms with Gasteiger partial charge >= 0.3 is 5.97 Å². The normalized spacial score (nSPS) is 34.0. The van der Waals surface area contributed by atoms with Gasteiger partial charge in [0.15, 0.2) is 5.60 Å². The average Bonchev–Trinajstić information content (AvgIpc) is 3.25. The number of benzene rings is 2. The van der Waals surface area contributed by atoms with Gasteiger partial charge in [-0.15, -0.1) is 0 Å². The molecule has 0 aliphatic carbocycles. The number of ether oxygens (including phenoxy) is 2. The number of epoxide rings is 1. The van der Waals surface area contributed by atoms with Crippen LogP contribution in [0.1, 0.15) is 17.5 Å². The fourth-order valence-electron chi connectivity index (χ4n) is 3.19. The van der Waals surface area contributed by atoms with E-state index in [2.05, 4.69) is 0 Å². The second kappa shape index (κ2) is 4.16. The van der Waals surface area contributed by atoms with Gasteiger partial charge in [0.25, 0.3) is 0 Å². The van der Waals surface area contributed by atoms with E-state index in [9.17, 15) is 9.90 Å². The van der Waals surface area contributed by atoms with E-state index in [1.54, 1.807) is 0 Å². The molecule has 0 bridgehead atoms. The summed E-state index contributed by atoms with van der Waals surface area (Å²) in [6.07, 6.45) is -0.853. The van der Waals surface area contributed by atoms with E-state index in [1.807, 2.05) is 60.7 Å². The molecular weight excluding hydrogens is 268 g/mol. The molecule has 3 atom stereocenters. The molecule has 0 amide bonds. The zero-order valence-corrected chi connectivity index (χ0v) is 11.2. The molecule has 4 rings (SSSR count). The maximum Gasteiger partial charge on any atom is 0.311 e. The summed E-state index contributed by atoms with van der Waals surface area (Å²) in [5, 5.41) is 11.3. The Morgan fingerprint density at radius 2 is 1.52 bits per heavy atom. The first-order valence-corrected chi connectivity index (χ1v) is 6.87. The Morgan fingerprint density at radius 3 is 2.14 bits per heavy atom. The molecule has 4 heteroatoms. The predicted molar refractivity (Wildman–Crippen MR) is 74.0 cm³/mol. The molecule has 2 saturated heterocycles. The maximum absolute atomic E-state index is 11.8. The van der Waals surface area contributed by atoms with Gasteiger partial charge in [0.1, 0.15) is 5.60 Å². The van der Waals surface area contributed by atoms with E-state index < -0.39 is 23.5 Å². The Labute approximate surface area is 121 Å². The Hall–Kier alpha value is -2.17. The van der Waals surface area contributed by atoms with Crippen LogP contribution in [0.2, 0.25) is 0 Å². The van der Waals surface area contributed by atoms with Crippen LogP contribution in [0.5, 0.6) is 0 Å². The molecule has 2 fully saturated rings. The third-order valence-electron chi connectivity index (χ3n) is 4.27. The van der Waals surface area contributed by atoms with Crippen LogP contribution in [-0.2, 0) is 25.5 Å². The Kier molecular flexibility index (Phi) is 2.49. The van der Waals surface area contributed by atoms with Gasteiger partial charge in [0, 0.05) is 0 Å². The van der Waals surface area contributed by atoms with Crippen molar-refractivity contribution in [3.8, 4) is 0 Å². The van der Waals surface area contributed by atoms with Crippen LogP contribution >= 0.6 is 0 Å². The lowest BCUT2D eigenvalue weighted by Gasteiger charge is -2.36. The number of carbonyl (C=O) groups excluding carboxylic acids is 1. The van der Waals surface area contributed by atoms with Crippen LogP contribution < -0.4 is 0 Å². The smallest absolute Gasteiger partial charge is 0.311 e. The van der Waals surface area contributed by atoms with Crippen molar-refractivity contribution in [1.29, 1.82) is 0 Å². The summed E-state index contributed by atoms with van der Waals surface area (Å²) in [5.74, 6) is -0.449. The summed E-state index contributed by atoms with van der Waals surface area (Å²) >= 11 is 0. The van der Waals surface area contributed by atoms with E-state index in [4.69, 9.17) is 9.47 Å². The molecule has 0 spiro atoms. The van der Waals surface area contributed by atoms with Gasteiger partial charge in [-0.05, 0) is 11.1 Å². The molecule has 2 aliphatic heterocycles. The van der Waals surface area contributed by atoms with Crippen LogP contribution in [0.25, 0.3) is 0 Å². The molecule has 21 heavy (non-hydrogen) atoms. The highest BCUT2D eigenvalue weighted by atomic mass is 16.8. The number of hydrogen-bond donors (Lipinski definition) is 1. The zero-order valence-electron chi connectivity index (χ0n) is 11.2. The van der Waals surface area contributed by atoms with Crippen molar-refractivity contribution in [2.45, 2.75) is 23.9 Å². The second-order valence-corrected chi connectivity index (χ2v) is 5.44. The number of esters is 1. The summed E-state index contributed by atoms with van der Waals surface area (Å²) in [5.41, 5.74) is -0.957. The summed E-state index contributed by atoms with van der Waals surface area (Å²) in [4.78, 5) is 11.8. The van der Waals surface area contributed by atoms with Crippen molar-refractivity contribution in [2.24, 2.45) is 0 Å². The summed E-state index contributed by atoms with van der Waals surface area (Å²) in [6, 6.07) is 18.6. The molecule has 0 aromatic heterocycles. The van der Waals surface area contributed by atoms with E-state index in [0.29, 0.717) is 5.56 Å². The molecule has 2 aromatic rings. The monoisotopic (exact) mass is 282 g/mol. The fraction of sp³-hybridized carbons (Fsp3) is 0.235. The van der Waals surface area contributed by atoms with E-state index in [-0.39, 0.29) is 6.42 Å². The van der Waals surface area contributed by atoms with Gasteiger partial charge in [-0.2, -0.15) is 0 Å². The molecule has 0 radical (unpaired) electrons. The second-order valence-electron chi connectivity index (χ2n) is 5.44. The van der Waals surface area contributed by atoms with Crippen LogP contribution in [0.3, 0.4) is 0 Å². The fourth-order valence-corrected chi connectivity index (χ4v) is 3.19. The minimum atomic E-state index is -1.42. The van der Waals surface area contributed by atoms with Crippen LogP contribution in [0.15, 0.2) is 60.7 Å². The standard InChI is InChI=1S/C17H14O4/c18-14-11-16(19,12-7-3-1-4-8-12)17(15(20-14)21-17)13-9-5-2-6-10-13/h1-10,15,19H,11H2/t15-,16-,17+/m0/s1. The van der Waals surface area contributed by atoms with Crippen LogP contribution in [0.4, 0.5) is 0 Å². The average molecular weight is 282 g/mol. The van der Waals surface area contributed by atoms with Crippen molar-refractivity contribution in [3.05, 3.63) is 71.8 Å². The zero-order chi connectivity index (χ0) is 14.5. The first-order valence-electron chi connectivity index (χ1n) is 6.87. The molecule has 2 aliphatic rings. The Morgan fingerprint density at radius 1 is 0.952 bits per heavy atom. The third kappa shape index (κ3) is 1.60. The highest BCUT2D eigenvalue weighted by Gasteiger charge is 2.76. The third-order valence-corrected chi connectivity index (χ3v) is 4.27. The lowest BCUT2D eigenvalue weighted by molar-refractivity contribution is -0.165. The van der Waals surface area contributed by atoms with Crippen molar-refractivity contribution < 1.29 is 19.4 Å². The quantitative estimate of drug-likeness (QED) is 0.676. The minimum Gasteiger partial charge on any atom is -0.432 e. The number of aliphatic hydroxyl groups is 1. The first-order chi connectivity index (χ1) is 10.2. The van der Waals surface area contributed by atoms with E-state index in [1.165, 1.54) is 0 Å². The number of fused-ring (bicyclic) bond motifs is 1. The van der Waals surface area contributed by atoms with Gasteiger partial charge in [0.2, 0.25) is 6.29 Å². The summed E-state index contributed by atoms with van der Waals surface area (Å²) in [6.45, 7) is 0. The molecule has 4 nitrogen and oxygen atoms in total. The van der Waals surface area contributed by atoms with Crippen LogP contribution in [0, 0.1) is 0 Å². The molecular formula is C17H14O4. The predicted octanol–water partition coefficient (Wildman–Crippen LogP) is 2.07. The number of carbonyl (C=O) groups is 1. The van der Waals surface area contributed by atoms with Gasteiger partial charge in [-0.25, -0.2) is 0 Å². The summed E-state index contributed by atoms with van der Waals surface area (Å²) in [7, 11) is 0. The highest BCUT2D eigenvalue weighted by Crippen LogP contribution is 2.62. The van der Waals surface area contributed by atoms with Crippen LogP contribution in [-0.4, -0.2) is 17.4 Å². The molecule has 2 aromatic carbocycles. The summed E-state index contributed by atoms with van der Waals surface area (Å²) < 4.78 is 10.9. The SMILES string of the molecule is O=C1C[C@](O)(c2ccccc2)[C@]2(c3ccccc3)O[C@@H]2O1. The van der Waals surface area contributed by atoms with Crippen molar-refractivity contribution in [2.75, 3.05) is 0 Å². The molecule has 1 N–H and O–H groups in total. The van der Waals surface area contributed by atoms with Crippen molar-refractivity contribution in [3.63, 3.8) is 0 Å². The topological polar surface area (TPSA) is 59.1 Å². The maximum atomic E-state index is 11.8. The van der Waals surface area contributed by atoms with E-state index in [0.717, 1.165) is 5.56 Å². The van der Waals surface area contributed by atoms with Gasteiger partial charge in [-0.1, -0.05) is 60.7 Å². The largest absolute Gasteiger partial charge is 0.432 e. The van der Waals surface area contributed by atoms with Crippen molar-refractivity contribution >= 4 is 5.97 Å². The Bertz CT molecular complexity index is 684. The van der Waals surface area contributed by atoms with Crippen molar-refractivity contribution in [1.82, 2.24) is 0 Å². The molecule has 2 heterocycles. The van der Waals surface area contributed by atoms with Gasteiger partial charge in [0.05, 0.1) is 6.42 Å². The number of hydrogen-bond acceptors (Lipinski definition) is 4.